The number of nitrogens with one attached hydrogen (secondary N) is 1. The molecule has 0 bridgehead atoms. The van der Waals surface area contributed by atoms with Crippen molar-refractivity contribution in [2.75, 3.05) is 13.7 Å². The maximum atomic E-state index is 12.3. The Labute approximate surface area is 164 Å². The number of nitrogens with zero attached hydrogens (tertiary/aromatic N) is 1. The lowest BCUT2D eigenvalue weighted by Crippen LogP contribution is -2.27. The Bertz CT molecular complexity index is 916. The number of hydrogen-bond acceptors (Lipinski definition) is 6. The van der Waals surface area contributed by atoms with Crippen molar-refractivity contribution in [2.45, 2.75) is 19.8 Å². The molecule has 0 unspecified atom stereocenters. The van der Waals surface area contributed by atoms with Crippen molar-refractivity contribution in [1.29, 1.82) is 0 Å². The van der Waals surface area contributed by atoms with E-state index in [2.05, 4.69) is 15.0 Å². The zero-order chi connectivity index (χ0) is 19.9. The van der Waals surface area contributed by atoms with Crippen LogP contribution in [0.1, 0.15) is 10.6 Å². The van der Waals surface area contributed by atoms with Crippen molar-refractivity contribution >= 4 is 27.5 Å². The number of para-hydroxylation sites is 1. The van der Waals surface area contributed by atoms with Crippen LogP contribution < -0.4 is 14.8 Å². The van der Waals surface area contributed by atoms with E-state index in [4.69, 9.17) is 9.47 Å². The molecule has 148 valence electrons. The zero-order valence-electron chi connectivity index (χ0n) is 15.0. The molecule has 0 aliphatic carbocycles. The molecule has 9 heteroatoms. The van der Waals surface area contributed by atoms with Crippen molar-refractivity contribution in [2.24, 2.45) is 0 Å². The van der Waals surface area contributed by atoms with E-state index < -0.39 is 6.61 Å². The van der Waals surface area contributed by atoms with E-state index in [-0.39, 0.29) is 37.2 Å². The molecule has 1 heterocycles. The van der Waals surface area contributed by atoms with E-state index in [1.54, 1.807) is 6.07 Å². The third-order valence-corrected chi connectivity index (χ3v) is 4.74. The summed E-state index contributed by atoms with van der Waals surface area (Å²) in [6, 6.07) is 12.2. The number of aromatic nitrogens is 1. The first-order chi connectivity index (χ1) is 13.5. The highest BCUT2D eigenvalue weighted by molar-refractivity contribution is 7.18. The minimum Gasteiger partial charge on any atom is -0.493 e. The van der Waals surface area contributed by atoms with E-state index in [1.165, 1.54) is 30.6 Å². The molecule has 1 aromatic heterocycles. The van der Waals surface area contributed by atoms with E-state index in [1.807, 2.05) is 24.3 Å². The first kappa shape index (κ1) is 20.0. The molecule has 0 aliphatic rings. The maximum Gasteiger partial charge on any atom is 0.387 e. The number of amides is 1. The molecule has 0 radical (unpaired) electrons. The highest BCUT2D eigenvalue weighted by atomic mass is 32.1. The van der Waals surface area contributed by atoms with Crippen LogP contribution in [0.15, 0.2) is 42.5 Å². The first-order valence-corrected chi connectivity index (χ1v) is 9.17. The fraction of sp³-hybridized carbons (Fsp3) is 0.263. The van der Waals surface area contributed by atoms with Crippen LogP contribution in [0.25, 0.3) is 10.2 Å². The van der Waals surface area contributed by atoms with E-state index >= 15 is 0 Å². The fourth-order valence-electron chi connectivity index (χ4n) is 2.48. The number of carbonyl (C=O) groups is 1. The molecule has 0 spiro atoms. The summed E-state index contributed by atoms with van der Waals surface area (Å²) in [5, 5.41) is 3.50. The van der Waals surface area contributed by atoms with Gasteiger partial charge in [-0.05, 0) is 29.8 Å². The molecular weight excluding hydrogens is 390 g/mol. The quantitative estimate of drug-likeness (QED) is 0.584. The summed E-state index contributed by atoms with van der Waals surface area (Å²) in [5.41, 5.74) is 1.58. The number of alkyl halides is 2. The molecule has 6 nitrogen and oxygen atoms in total. The van der Waals surface area contributed by atoms with Crippen LogP contribution >= 0.6 is 11.3 Å². The number of thiazole rings is 1. The van der Waals surface area contributed by atoms with Gasteiger partial charge in [-0.25, -0.2) is 4.98 Å². The Morgan fingerprint density at radius 2 is 2.04 bits per heavy atom. The van der Waals surface area contributed by atoms with Crippen molar-refractivity contribution in [3.8, 4) is 11.5 Å². The van der Waals surface area contributed by atoms with Gasteiger partial charge in [-0.1, -0.05) is 18.2 Å². The molecule has 0 saturated heterocycles. The molecule has 1 N–H and O–H groups in total. The lowest BCUT2D eigenvalue weighted by molar-refractivity contribution is -0.126. The first-order valence-electron chi connectivity index (χ1n) is 8.36. The summed E-state index contributed by atoms with van der Waals surface area (Å²) in [4.78, 5) is 16.4. The number of halogens is 2. The number of benzene rings is 2. The minimum absolute atomic E-state index is 0.0632. The SMILES string of the molecule is COc1cc(CNC(=O)COCc2nc3ccccc3s2)ccc1OC(F)F. The Kier molecular flexibility index (Phi) is 6.72. The second-order valence-corrected chi connectivity index (χ2v) is 6.82. The van der Waals surface area contributed by atoms with Gasteiger partial charge in [0.2, 0.25) is 5.91 Å². The minimum atomic E-state index is -2.94. The predicted molar refractivity (Wildman–Crippen MR) is 101 cm³/mol. The second-order valence-electron chi connectivity index (χ2n) is 5.71. The zero-order valence-corrected chi connectivity index (χ0v) is 15.8. The van der Waals surface area contributed by atoms with Crippen molar-refractivity contribution in [3.63, 3.8) is 0 Å². The summed E-state index contributed by atoms with van der Waals surface area (Å²) >= 11 is 1.52. The summed E-state index contributed by atoms with van der Waals surface area (Å²) < 4.78 is 40.6. The van der Waals surface area contributed by atoms with Gasteiger partial charge in [0.25, 0.3) is 0 Å². The van der Waals surface area contributed by atoms with E-state index in [9.17, 15) is 13.6 Å². The molecule has 0 atom stereocenters. The van der Waals surface area contributed by atoms with Gasteiger partial charge in [0.05, 0.1) is 23.9 Å². The molecular formula is C19H18F2N2O4S. The summed E-state index contributed by atoms with van der Waals surface area (Å²) in [6.45, 7) is -2.60. The van der Waals surface area contributed by atoms with Gasteiger partial charge in [0.1, 0.15) is 11.6 Å². The monoisotopic (exact) mass is 408 g/mol. The molecule has 1 amide bonds. The lowest BCUT2D eigenvalue weighted by Gasteiger charge is -2.12. The van der Waals surface area contributed by atoms with Gasteiger partial charge < -0.3 is 19.5 Å². The summed E-state index contributed by atoms with van der Waals surface area (Å²) in [7, 11) is 1.35. The molecule has 2 aromatic carbocycles. The van der Waals surface area contributed by atoms with Crippen molar-refractivity contribution in [1.82, 2.24) is 10.3 Å². The number of fused-ring (bicyclic) bond motifs is 1. The number of ether oxygens (including phenoxy) is 3. The molecule has 0 fully saturated rings. The third kappa shape index (κ3) is 5.37. The number of carbonyl (C=O) groups excluding carboxylic acids is 1. The van der Waals surface area contributed by atoms with Crippen LogP contribution in [-0.2, 0) is 22.7 Å². The Morgan fingerprint density at radius 1 is 1.21 bits per heavy atom. The molecule has 3 aromatic rings. The third-order valence-electron chi connectivity index (χ3n) is 3.73. The highest BCUT2D eigenvalue weighted by Gasteiger charge is 2.12. The largest absolute Gasteiger partial charge is 0.493 e. The van der Waals surface area contributed by atoms with E-state index in [0.29, 0.717) is 5.56 Å². The van der Waals surface area contributed by atoms with Crippen LogP contribution in [0.3, 0.4) is 0 Å². The van der Waals surface area contributed by atoms with Gasteiger partial charge in [0, 0.05) is 6.54 Å². The normalized spacial score (nSPS) is 11.0. The molecule has 3 rings (SSSR count). The standard InChI is InChI=1S/C19H18F2N2O4S/c1-25-15-8-12(6-7-14(15)27-19(20)21)9-22-17(24)10-26-11-18-23-13-4-2-3-5-16(13)28-18/h2-8,19H,9-11H2,1H3,(H,22,24). The Balaban J connectivity index is 1.46. The van der Waals surface area contributed by atoms with Gasteiger partial charge in [-0.15, -0.1) is 11.3 Å². The topological polar surface area (TPSA) is 69.7 Å². The van der Waals surface area contributed by atoms with Crippen molar-refractivity contribution < 1.29 is 27.8 Å². The maximum absolute atomic E-state index is 12.3. The van der Waals surface area contributed by atoms with Crippen LogP contribution in [0.4, 0.5) is 8.78 Å². The van der Waals surface area contributed by atoms with Crippen LogP contribution in [0.2, 0.25) is 0 Å². The van der Waals surface area contributed by atoms with Gasteiger partial charge >= 0.3 is 6.61 Å². The fourth-order valence-corrected chi connectivity index (χ4v) is 3.38. The second kappa shape index (κ2) is 9.43. The van der Waals surface area contributed by atoms with Crippen molar-refractivity contribution in [3.05, 3.63) is 53.0 Å². The average Bonchev–Trinajstić information content (AvgIpc) is 3.09. The molecule has 0 saturated carbocycles. The average molecular weight is 408 g/mol. The number of methoxy groups -OCH3 is 1. The van der Waals surface area contributed by atoms with Gasteiger partial charge in [-0.3, -0.25) is 4.79 Å². The predicted octanol–water partition coefficient (Wildman–Crippen LogP) is 3.74. The summed E-state index contributed by atoms with van der Waals surface area (Å²) in [5.74, 6) is -0.195. The van der Waals surface area contributed by atoms with Crippen LogP contribution in [-0.4, -0.2) is 31.2 Å². The highest BCUT2D eigenvalue weighted by Crippen LogP contribution is 2.29. The Hall–Kier alpha value is -2.78. The smallest absolute Gasteiger partial charge is 0.387 e. The van der Waals surface area contributed by atoms with Crippen LogP contribution in [0, 0.1) is 0 Å². The van der Waals surface area contributed by atoms with E-state index in [0.717, 1.165) is 15.2 Å². The molecule has 0 aliphatic heterocycles. The number of rotatable bonds is 9. The number of hydrogen-bond donors (Lipinski definition) is 1. The summed E-state index contributed by atoms with van der Waals surface area (Å²) in [6.07, 6.45) is 0. The lowest BCUT2D eigenvalue weighted by atomic mass is 10.2. The Morgan fingerprint density at radius 3 is 2.79 bits per heavy atom. The van der Waals surface area contributed by atoms with Gasteiger partial charge in [-0.2, -0.15) is 8.78 Å². The van der Waals surface area contributed by atoms with Gasteiger partial charge in [0.15, 0.2) is 11.5 Å². The van der Waals surface area contributed by atoms with Crippen LogP contribution in [0.5, 0.6) is 11.5 Å². The molecule has 28 heavy (non-hydrogen) atoms.